The molecular weight excluding hydrogens is 460 g/mol. The second-order valence-corrected chi connectivity index (χ2v) is 7.86. The first-order valence-electron chi connectivity index (χ1n) is 10.8. The fraction of sp³-hybridized carbons (Fsp3) is 0.261. The van der Waals surface area contributed by atoms with Gasteiger partial charge in [0.25, 0.3) is 11.6 Å². The number of phenolic OH excluding ortho intramolecular Hbond substituents is 2. The second-order valence-electron chi connectivity index (χ2n) is 7.86. The lowest BCUT2D eigenvalue weighted by Gasteiger charge is -2.14. The van der Waals surface area contributed by atoms with Crippen molar-refractivity contribution in [2.75, 3.05) is 19.6 Å². The van der Waals surface area contributed by atoms with Gasteiger partial charge in [-0.25, -0.2) is 0 Å². The zero-order valence-electron chi connectivity index (χ0n) is 18.5. The lowest BCUT2D eigenvalue weighted by Crippen LogP contribution is -2.30. The molecule has 4 rings (SSSR count). The summed E-state index contributed by atoms with van der Waals surface area (Å²) >= 11 is 0. The molecular formula is C23H22N4O8. The van der Waals surface area contributed by atoms with Crippen molar-refractivity contribution >= 4 is 17.5 Å². The summed E-state index contributed by atoms with van der Waals surface area (Å²) in [6.45, 7) is 1.64. The van der Waals surface area contributed by atoms with Crippen LogP contribution < -0.4 is 10.1 Å². The minimum absolute atomic E-state index is 0.00669. The summed E-state index contributed by atoms with van der Waals surface area (Å²) in [5.41, 5.74) is -0.138. The molecule has 0 radical (unpaired) electrons. The Labute approximate surface area is 198 Å². The Hall–Kier alpha value is -4.61. The molecule has 1 aromatic heterocycles. The van der Waals surface area contributed by atoms with Gasteiger partial charge >= 0.3 is 0 Å². The number of nitrogens with one attached hydrogen (secondary N) is 1. The maximum absolute atomic E-state index is 12.4. The average Bonchev–Trinajstić information content (AvgIpc) is 3.46. The van der Waals surface area contributed by atoms with E-state index in [4.69, 9.17) is 9.26 Å². The number of aromatic nitrogens is 1. The Morgan fingerprint density at radius 1 is 1.23 bits per heavy atom. The molecule has 2 amide bonds. The molecule has 3 aromatic rings. The molecule has 35 heavy (non-hydrogen) atoms. The molecule has 182 valence electrons. The van der Waals surface area contributed by atoms with Crippen LogP contribution in [0.3, 0.4) is 0 Å². The van der Waals surface area contributed by atoms with E-state index in [1.165, 1.54) is 36.4 Å². The van der Waals surface area contributed by atoms with Gasteiger partial charge in [0, 0.05) is 56.4 Å². The molecule has 0 unspecified atom stereocenters. The summed E-state index contributed by atoms with van der Waals surface area (Å²) < 4.78 is 11.0. The highest BCUT2D eigenvalue weighted by molar-refractivity contribution is 5.93. The number of likely N-dealkylation sites (tertiary alicyclic amines) is 1. The number of nitro benzene ring substituents is 1. The molecule has 1 aliphatic rings. The zero-order chi connectivity index (χ0) is 24.9. The van der Waals surface area contributed by atoms with Crippen molar-refractivity contribution in [1.29, 1.82) is 0 Å². The molecule has 0 atom stereocenters. The van der Waals surface area contributed by atoms with Crippen molar-refractivity contribution in [1.82, 2.24) is 15.4 Å². The van der Waals surface area contributed by atoms with Gasteiger partial charge in [-0.05, 0) is 25.0 Å². The molecule has 2 heterocycles. The molecule has 3 N–H and O–H groups in total. The molecule has 1 aliphatic heterocycles. The maximum Gasteiger partial charge on any atom is 0.273 e. The number of hydrogen-bond donors (Lipinski definition) is 3. The number of phenols is 2. The van der Waals surface area contributed by atoms with Crippen molar-refractivity contribution in [2.24, 2.45) is 0 Å². The zero-order valence-corrected chi connectivity index (χ0v) is 18.5. The number of non-ortho nitro benzene ring substituents is 1. The van der Waals surface area contributed by atoms with Gasteiger partial charge in [-0.1, -0.05) is 5.16 Å². The number of amides is 2. The fourth-order valence-electron chi connectivity index (χ4n) is 3.68. The summed E-state index contributed by atoms with van der Waals surface area (Å²) in [6.07, 6.45) is 2.01. The molecule has 0 spiro atoms. The average molecular weight is 482 g/mol. The van der Waals surface area contributed by atoms with Gasteiger partial charge in [-0.2, -0.15) is 0 Å². The molecule has 0 saturated carbocycles. The number of ether oxygens (including phenoxy) is 1. The first-order chi connectivity index (χ1) is 16.8. The van der Waals surface area contributed by atoms with E-state index in [9.17, 15) is 29.9 Å². The molecule has 1 fully saturated rings. The number of hydrogen-bond acceptors (Lipinski definition) is 9. The van der Waals surface area contributed by atoms with Crippen molar-refractivity contribution in [3.63, 3.8) is 0 Å². The third-order valence-electron chi connectivity index (χ3n) is 5.39. The van der Waals surface area contributed by atoms with Gasteiger partial charge in [-0.15, -0.1) is 0 Å². The Morgan fingerprint density at radius 2 is 2.00 bits per heavy atom. The Morgan fingerprint density at radius 3 is 2.69 bits per heavy atom. The normalized spacial score (nSPS) is 13.1. The van der Waals surface area contributed by atoms with Crippen LogP contribution in [0.25, 0.3) is 11.3 Å². The molecule has 0 bridgehead atoms. The van der Waals surface area contributed by atoms with Crippen LogP contribution in [0, 0.1) is 10.1 Å². The predicted octanol–water partition coefficient (Wildman–Crippen LogP) is 3.20. The number of nitro groups is 1. The van der Waals surface area contributed by atoms with Crippen LogP contribution >= 0.6 is 0 Å². The van der Waals surface area contributed by atoms with Crippen LogP contribution in [0.2, 0.25) is 0 Å². The van der Waals surface area contributed by atoms with E-state index in [2.05, 4.69) is 10.5 Å². The van der Waals surface area contributed by atoms with Crippen molar-refractivity contribution in [3.8, 4) is 34.3 Å². The fourth-order valence-corrected chi connectivity index (χ4v) is 3.68. The monoisotopic (exact) mass is 482 g/mol. The van der Waals surface area contributed by atoms with E-state index in [0.29, 0.717) is 25.9 Å². The highest BCUT2D eigenvalue weighted by Gasteiger charge is 2.22. The number of carbonyl (C=O) groups is 2. The van der Waals surface area contributed by atoms with Gasteiger partial charge in [0.15, 0.2) is 11.5 Å². The second kappa shape index (κ2) is 10.1. The summed E-state index contributed by atoms with van der Waals surface area (Å²) in [5, 5.41) is 37.6. The Kier molecular flexibility index (Phi) is 6.81. The number of nitrogens with zero attached hydrogens (tertiary/aromatic N) is 3. The minimum Gasteiger partial charge on any atom is -0.508 e. The quantitative estimate of drug-likeness (QED) is 0.235. The number of aromatic hydroxyl groups is 2. The third-order valence-corrected chi connectivity index (χ3v) is 5.39. The van der Waals surface area contributed by atoms with Gasteiger partial charge in [0.1, 0.15) is 28.6 Å². The molecule has 12 nitrogen and oxygen atoms in total. The van der Waals surface area contributed by atoms with Gasteiger partial charge in [0.2, 0.25) is 5.91 Å². The van der Waals surface area contributed by atoms with Crippen molar-refractivity contribution < 1.29 is 34.0 Å². The van der Waals surface area contributed by atoms with Crippen molar-refractivity contribution in [3.05, 3.63) is 58.3 Å². The van der Waals surface area contributed by atoms with Crippen LogP contribution in [0.15, 0.2) is 47.0 Å². The van der Waals surface area contributed by atoms with Gasteiger partial charge in [0.05, 0.1) is 4.92 Å². The van der Waals surface area contributed by atoms with E-state index in [0.717, 1.165) is 19.0 Å². The van der Waals surface area contributed by atoms with E-state index in [-0.39, 0.29) is 51.6 Å². The summed E-state index contributed by atoms with van der Waals surface area (Å²) in [6, 6.07) is 8.81. The first kappa shape index (κ1) is 23.5. The number of carbonyl (C=O) groups excluding carboxylic acids is 2. The molecule has 12 heteroatoms. The van der Waals surface area contributed by atoms with E-state index in [1.807, 2.05) is 0 Å². The van der Waals surface area contributed by atoms with Crippen LogP contribution in [0.1, 0.15) is 29.8 Å². The topological polar surface area (TPSA) is 168 Å². The molecule has 1 saturated heterocycles. The molecule has 0 aliphatic carbocycles. The largest absolute Gasteiger partial charge is 0.508 e. The SMILES string of the molecule is O=C(NCCCN1CCCC1=O)c1cc(-c2c(O)cc(O)cc2Oc2ccc([N+](=O)[O-])cc2)on1. The standard InChI is InChI=1S/C23H22N4O8/c28-15-11-18(29)22(19(12-15)34-16-6-4-14(5-7-16)27(32)33)20-13-17(25-35-20)23(31)24-8-2-10-26-9-1-3-21(26)30/h4-7,11-13,28-29H,1-3,8-10H2,(H,24,31). The molecule has 2 aromatic carbocycles. The minimum atomic E-state index is -0.553. The van der Waals surface area contributed by atoms with Crippen LogP contribution in [0.5, 0.6) is 23.0 Å². The Bertz CT molecular complexity index is 1250. The Balaban J connectivity index is 1.46. The van der Waals surface area contributed by atoms with Gasteiger partial charge in [-0.3, -0.25) is 19.7 Å². The smallest absolute Gasteiger partial charge is 0.273 e. The van der Waals surface area contributed by atoms with Gasteiger partial charge < -0.3 is 29.7 Å². The van der Waals surface area contributed by atoms with E-state index in [1.54, 1.807) is 4.90 Å². The third kappa shape index (κ3) is 5.49. The highest BCUT2D eigenvalue weighted by Crippen LogP contribution is 2.43. The van der Waals surface area contributed by atoms with E-state index >= 15 is 0 Å². The first-order valence-corrected chi connectivity index (χ1v) is 10.8. The number of benzene rings is 2. The van der Waals surface area contributed by atoms with Crippen LogP contribution in [0.4, 0.5) is 5.69 Å². The predicted molar refractivity (Wildman–Crippen MR) is 121 cm³/mol. The summed E-state index contributed by atoms with van der Waals surface area (Å²) in [4.78, 5) is 36.1. The maximum atomic E-state index is 12.4. The van der Waals surface area contributed by atoms with Crippen molar-refractivity contribution in [2.45, 2.75) is 19.3 Å². The highest BCUT2D eigenvalue weighted by atomic mass is 16.6. The summed E-state index contributed by atoms with van der Waals surface area (Å²) in [7, 11) is 0. The lowest BCUT2D eigenvalue weighted by molar-refractivity contribution is -0.384. The number of rotatable bonds is 9. The lowest BCUT2D eigenvalue weighted by atomic mass is 10.1. The summed E-state index contributed by atoms with van der Waals surface area (Å²) in [5.74, 6) is -0.864. The van der Waals surface area contributed by atoms with Crippen LogP contribution in [-0.4, -0.2) is 56.6 Å². The van der Waals surface area contributed by atoms with E-state index < -0.39 is 10.8 Å². The van der Waals surface area contributed by atoms with Crippen LogP contribution in [-0.2, 0) is 4.79 Å².